The minimum atomic E-state index is -1.57. The molecule has 3 unspecified atom stereocenters. The molecule has 204 valence electrons. The number of aromatic amines is 1. The first kappa shape index (κ1) is 26.6. The molecule has 1 aromatic heterocycles. The summed E-state index contributed by atoms with van der Waals surface area (Å²) in [6, 6.07) is 9.29. The smallest absolute Gasteiger partial charge is 0.258 e. The molecule has 3 amide bonds. The first-order valence-corrected chi connectivity index (χ1v) is 13.2. The van der Waals surface area contributed by atoms with E-state index in [0.29, 0.717) is 28.9 Å². The van der Waals surface area contributed by atoms with Gasteiger partial charge in [0.2, 0.25) is 5.95 Å². The van der Waals surface area contributed by atoms with E-state index >= 15 is 0 Å². The maximum atomic E-state index is 13.4. The van der Waals surface area contributed by atoms with Crippen LogP contribution in [0.3, 0.4) is 0 Å². The van der Waals surface area contributed by atoms with Crippen LogP contribution in [0, 0.1) is 6.92 Å². The molecule has 2 aromatic carbocycles. The fraction of sp³-hybridized carbons (Fsp3) is 0.346. The fourth-order valence-electron chi connectivity index (χ4n) is 4.81. The standard InChI is InChI=1S/C26H28BrN7O5/c1-14-4-5-15(27)9-18(14)26(24(28)37)22(30-13-31-26)23(36)34-25-32-19-7-6-16(10-20(19)33-25)39-12-21(35)29-11-17-3-2-8-38-17/h4-7,9-10,13,17,22H,2-3,8,11-12H2,1H3,(H2,28,37)(H,29,35)(H,30,31)(H2,32,33,34,36). The van der Waals surface area contributed by atoms with Gasteiger partial charge >= 0.3 is 0 Å². The van der Waals surface area contributed by atoms with Crippen molar-refractivity contribution in [3.05, 3.63) is 52.0 Å². The number of nitrogens with zero attached hydrogens (tertiary/aromatic N) is 2. The van der Waals surface area contributed by atoms with Crippen LogP contribution in [0.4, 0.5) is 5.95 Å². The Kier molecular flexibility index (Phi) is 7.53. The van der Waals surface area contributed by atoms with E-state index < -0.39 is 23.4 Å². The highest BCUT2D eigenvalue weighted by Crippen LogP contribution is 2.34. The number of aliphatic imine (C=N–C) groups is 1. The number of fused-ring (bicyclic) bond motifs is 1. The molecule has 0 bridgehead atoms. The maximum absolute atomic E-state index is 13.4. The topological polar surface area (TPSA) is 173 Å². The molecule has 39 heavy (non-hydrogen) atoms. The molecule has 5 rings (SSSR count). The van der Waals surface area contributed by atoms with Crippen LogP contribution in [0.15, 0.2) is 45.9 Å². The van der Waals surface area contributed by atoms with Crippen LogP contribution in [-0.2, 0) is 24.7 Å². The molecule has 1 saturated heterocycles. The molecule has 6 N–H and O–H groups in total. The predicted molar refractivity (Wildman–Crippen MR) is 147 cm³/mol. The number of aryl methyl sites for hydroxylation is 1. The summed E-state index contributed by atoms with van der Waals surface area (Å²) in [6.45, 7) is 2.87. The highest BCUT2D eigenvalue weighted by atomic mass is 79.9. The van der Waals surface area contributed by atoms with Gasteiger partial charge in [0, 0.05) is 23.7 Å². The Labute approximate surface area is 232 Å². The van der Waals surface area contributed by atoms with Gasteiger partial charge in [-0.2, -0.15) is 0 Å². The van der Waals surface area contributed by atoms with E-state index in [1.807, 2.05) is 19.1 Å². The van der Waals surface area contributed by atoms with Crippen LogP contribution in [0.2, 0.25) is 0 Å². The Morgan fingerprint density at radius 1 is 1.26 bits per heavy atom. The second-order valence-electron chi connectivity index (χ2n) is 9.44. The van der Waals surface area contributed by atoms with E-state index in [2.05, 4.69) is 46.8 Å². The van der Waals surface area contributed by atoms with Crippen molar-refractivity contribution in [1.82, 2.24) is 20.6 Å². The largest absolute Gasteiger partial charge is 0.484 e. The lowest BCUT2D eigenvalue weighted by molar-refractivity contribution is -0.129. The summed E-state index contributed by atoms with van der Waals surface area (Å²) in [7, 11) is 0. The summed E-state index contributed by atoms with van der Waals surface area (Å²) < 4.78 is 11.8. The zero-order valence-corrected chi connectivity index (χ0v) is 22.7. The lowest BCUT2D eigenvalue weighted by Gasteiger charge is -2.32. The van der Waals surface area contributed by atoms with Crippen molar-refractivity contribution in [2.45, 2.75) is 37.5 Å². The van der Waals surface area contributed by atoms with Gasteiger partial charge in [-0.15, -0.1) is 0 Å². The van der Waals surface area contributed by atoms with E-state index in [-0.39, 0.29) is 24.6 Å². The number of H-pyrrole nitrogens is 1. The number of amides is 3. The highest BCUT2D eigenvalue weighted by molar-refractivity contribution is 9.10. The number of nitrogens with one attached hydrogen (secondary N) is 4. The summed E-state index contributed by atoms with van der Waals surface area (Å²) in [5.74, 6) is -0.945. The van der Waals surface area contributed by atoms with Crippen LogP contribution in [0.1, 0.15) is 24.0 Å². The van der Waals surface area contributed by atoms with E-state index in [0.717, 1.165) is 29.5 Å². The van der Waals surface area contributed by atoms with Crippen molar-refractivity contribution < 1.29 is 23.9 Å². The molecule has 0 spiro atoms. The lowest BCUT2D eigenvalue weighted by Crippen LogP contribution is -2.59. The summed E-state index contributed by atoms with van der Waals surface area (Å²) in [5, 5.41) is 8.43. The van der Waals surface area contributed by atoms with Gasteiger partial charge < -0.3 is 30.8 Å². The number of aromatic nitrogens is 2. The zero-order chi connectivity index (χ0) is 27.6. The molecule has 0 saturated carbocycles. The number of rotatable bonds is 9. The Hall–Kier alpha value is -3.97. The third-order valence-electron chi connectivity index (χ3n) is 6.80. The highest BCUT2D eigenvalue weighted by Gasteiger charge is 2.53. The van der Waals surface area contributed by atoms with Gasteiger partial charge in [-0.05, 0) is 55.2 Å². The van der Waals surface area contributed by atoms with Gasteiger partial charge in [0.25, 0.3) is 17.7 Å². The number of benzene rings is 2. The number of imidazole rings is 1. The number of anilines is 1. The molecule has 3 heterocycles. The zero-order valence-electron chi connectivity index (χ0n) is 21.1. The molecule has 0 aliphatic carbocycles. The normalized spacial score (nSPS) is 22.0. The maximum Gasteiger partial charge on any atom is 0.258 e. The number of nitrogens with two attached hydrogens (primary N) is 1. The fourth-order valence-corrected chi connectivity index (χ4v) is 5.17. The third-order valence-corrected chi connectivity index (χ3v) is 7.30. The van der Waals surface area contributed by atoms with Crippen LogP contribution in [-0.4, -0.2) is 65.9 Å². The Morgan fingerprint density at radius 3 is 2.87 bits per heavy atom. The van der Waals surface area contributed by atoms with Crippen LogP contribution >= 0.6 is 15.9 Å². The first-order valence-electron chi connectivity index (χ1n) is 12.4. The molecule has 3 aromatic rings. The van der Waals surface area contributed by atoms with E-state index in [9.17, 15) is 14.4 Å². The van der Waals surface area contributed by atoms with Crippen molar-refractivity contribution >= 4 is 57.0 Å². The van der Waals surface area contributed by atoms with Crippen molar-refractivity contribution in [3.63, 3.8) is 0 Å². The van der Waals surface area contributed by atoms with Crippen molar-refractivity contribution in [2.24, 2.45) is 10.7 Å². The number of halogens is 1. The molecule has 1 fully saturated rings. The number of carbonyl (C=O) groups excluding carboxylic acids is 3. The second-order valence-corrected chi connectivity index (χ2v) is 10.4. The van der Waals surface area contributed by atoms with E-state index in [1.165, 1.54) is 6.34 Å². The Balaban J connectivity index is 1.27. The monoisotopic (exact) mass is 597 g/mol. The molecular weight excluding hydrogens is 570 g/mol. The van der Waals surface area contributed by atoms with Crippen molar-refractivity contribution in [1.29, 1.82) is 0 Å². The van der Waals surface area contributed by atoms with Gasteiger partial charge in [-0.25, -0.2) is 4.98 Å². The number of hydrogen-bond donors (Lipinski definition) is 5. The lowest BCUT2D eigenvalue weighted by atomic mass is 9.80. The van der Waals surface area contributed by atoms with Gasteiger partial charge in [-0.1, -0.05) is 22.0 Å². The van der Waals surface area contributed by atoms with Crippen molar-refractivity contribution in [2.75, 3.05) is 25.1 Å². The average molecular weight is 598 g/mol. The molecule has 2 aliphatic rings. The summed E-state index contributed by atoms with van der Waals surface area (Å²) >= 11 is 3.42. The predicted octanol–water partition coefficient (Wildman–Crippen LogP) is 1.63. The minimum Gasteiger partial charge on any atom is -0.484 e. The summed E-state index contributed by atoms with van der Waals surface area (Å²) in [4.78, 5) is 49.9. The first-order chi connectivity index (χ1) is 18.8. The van der Waals surface area contributed by atoms with Gasteiger partial charge in [0.05, 0.1) is 23.5 Å². The Bertz CT molecular complexity index is 1450. The number of ether oxygens (including phenoxy) is 2. The number of hydrogen-bond acceptors (Lipinski definition) is 8. The minimum absolute atomic E-state index is 0.0568. The van der Waals surface area contributed by atoms with Gasteiger partial charge in [0.15, 0.2) is 18.2 Å². The SMILES string of the molecule is Cc1ccc(Br)cc1C1(C(N)=O)NC=NC1C(=O)Nc1nc2ccc(OCC(=O)NCC3CCCO3)cc2[nH]1. The van der Waals surface area contributed by atoms with E-state index in [4.69, 9.17) is 15.2 Å². The quantitative estimate of drug-likeness (QED) is 0.249. The second kappa shape index (κ2) is 11.0. The molecule has 2 aliphatic heterocycles. The molecule has 13 heteroatoms. The third kappa shape index (κ3) is 5.45. The van der Waals surface area contributed by atoms with Gasteiger partial charge in [0.1, 0.15) is 5.75 Å². The number of carbonyl (C=O) groups is 3. The molecule has 12 nitrogen and oxygen atoms in total. The molecular formula is C26H28BrN7O5. The van der Waals surface area contributed by atoms with E-state index in [1.54, 1.807) is 24.3 Å². The van der Waals surface area contributed by atoms with Crippen LogP contribution < -0.4 is 26.4 Å². The summed E-state index contributed by atoms with van der Waals surface area (Å²) in [6.07, 6.45) is 3.31. The van der Waals surface area contributed by atoms with Crippen LogP contribution in [0.25, 0.3) is 11.0 Å². The van der Waals surface area contributed by atoms with Crippen molar-refractivity contribution in [3.8, 4) is 5.75 Å². The molecule has 3 atom stereocenters. The number of primary amides is 1. The van der Waals surface area contributed by atoms with Gasteiger partial charge in [-0.3, -0.25) is 24.7 Å². The Morgan fingerprint density at radius 2 is 2.10 bits per heavy atom. The molecule has 0 radical (unpaired) electrons. The average Bonchev–Trinajstić information content (AvgIpc) is 3.67. The summed E-state index contributed by atoms with van der Waals surface area (Å²) in [5.41, 5.74) is 6.71. The van der Waals surface area contributed by atoms with Crippen LogP contribution in [0.5, 0.6) is 5.75 Å².